The Bertz CT molecular complexity index is 536. The molecular weight excluding hydrogens is 348 g/mol. The first-order valence-corrected chi connectivity index (χ1v) is 7.04. The molecule has 0 amide bonds. The second-order valence-electron chi connectivity index (χ2n) is 4.16. The summed E-state index contributed by atoms with van der Waals surface area (Å²) in [6.07, 6.45) is 0. The average molecular weight is 356 g/mol. The van der Waals surface area contributed by atoms with Crippen LogP contribution in [0.15, 0.2) is 48.5 Å². The van der Waals surface area contributed by atoms with Gasteiger partial charge < -0.3 is 0 Å². The Labute approximate surface area is 135 Å². The third kappa shape index (κ3) is 2.89. The molecular formula is C14H8Cl4F2. The van der Waals surface area contributed by atoms with E-state index in [9.17, 15) is 8.78 Å². The van der Waals surface area contributed by atoms with Crippen molar-refractivity contribution in [3.8, 4) is 0 Å². The van der Waals surface area contributed by atoms with E-state index in [1.807, 2.05) is 0 Å². The molecule has 0 saturated heterocycles. The van der Waals surface area contributed by atoms with Crippen LogP contribution in [0.25, 0.3) is 0 Å². The quantitative estimate of drug-likeness (QED) is 0.599. The van der Waals surface area contributed by atoms with E-state index in [-0.39, 0.29) is 0 Å². The minimum atomic E-state index is -1.73. The van der Waals surface area contributed by atoms with Gasteiger partial charge in [0.1, 0.15) is 11.6 Å². The van der Waals surface area contributed by atoms with Crippen molar-refractivity contribution in [1.82, 2.24) is 0 Å². The third-order valence-corrected chi connectivity index (χ3v) is 5.20. The van der Waals surface area contributed by atoms with E-state index in [1.165, 1.54) is 48.5 Å². The van der Waals surface area contributed by atoms with Gasteiger partial charge in [0, 0.05) is 0 Å². The summed E-state index contributed by atoms with van der Waals surface area (Å²) in [4.78, 5) is 0. The van der Waals surface area contributed by atoms with E-state index in [4.69, 9.17) is 46.4 Å². The second-order valence-corrected chi connectivity index (χ2v) is 6.82. The molecule has 0 unspecified atom stereocenters. The first-order valence-electron chi connectivity index (χ1n) is 5.53. The van der Waals surface area contributed by atoms with Crippen molar-refractivity contribution in [2.24, 2.45) is 0 Å². The lowest BCUT2D eigenvalue weighted by atomic mass is 10.0. The number of benzene rings is 2. The first-order chi connectivity index (χ1) is 9.25. The molecule has 0 aliphatic heterocycles. The molecule has 0 bridgehead atoms. The minimum Gasteiger partial charge on any atom is -0.207 e. The van der Waals surface area contributed by atoms with Gasteiger partial charge in [-0.1, -0.05) is 70.7 Å². The predicted octanol–water partition coefficient (Wildman–Crippen LogP) is 5.93. The molecule has 0 nitrogen and oxygen atoms in total. The van der Waals surface area contributed by atoms with Gasteiger partial charge in [-0.05, 0) is 35.4 Å². The highest BCUT2D eigenvalue weighted by Crippen LogP contribution is 2.56. The number of alkyl halides is 4. The summed E-state index contributed by atoms with van der Waals surface area (Å²) >= 11 is 25.1. The molecule has 0 aliphatic rings. The number of hydrogen-bond donors (Lipinski definition) is 0. The highest BCUT2D eigenvalue weighted by molar-refractivity contribution is 6.61. The Balaban J connectivity index is 2.45. The Morgan fingerprint density at radius 1 is 0.550 bits per heavy atom. The summed E-state index contributed by atoms with van der Waals surface area (Å²) < 4.78 is 22.4. The monoisotopic (exact) mass is 354 g/mol. The Morgan fingerprint density at radius 3 is 1.05 bits per heavy atom. The zero-order valence-electron chi connectivity index (χ0n) is 9.89. The van der Waals surface area contributed by atoms with Crippen molar-refractivity contribution in [2.75, 3.05) is 0 Å². The zero-order valence-corrected chi connectivity index (χ0v) is 12.9. The standard InChI is InChI=1S/C14H8Cl4F2/c15-13(16,9-1-5-11(19)6-2-9)14(17,18)10-3-7-12(20)8-4-10/h1-8H. The first kappa shape index (κ1) is 15.8. The zero-order chi connectivity index (χ0) is 15.0. The maximum atomic E-state index is 12.9. The van der Waals surface area contributed by atoms with E-state index in [2.05, 4.69) is 0 Å². The lowest BCUT2D eigenvalue weighted by Crippen LogP contribution is -2.31. The summed E-state index contributed by atoms with van der Waals surface area (Å²) in [7, 11) is 0. The number of hydrogen-bond acceptors (Lipinski definition) is 0. The van der Waals surface area contributed by atoms with Crippen LogP contribution in [0.5, 0.6) is 0 Å². The number of rotatable bonds is 3. The fraction of sp³-hybridized carbons (Fsp3) is 0.143. The van der Waals surface area contributed by atoms with Crippen LogP contribution in [0.4, 0.5) is 8.78 Å². The molecule has 0 saturated carbocycles. The van der Waals surface area contributed by atoms with E-state index in [1.54, 1.807) is 0 Å². The summed E-state index contributed by atoms with van der Waals surface area (Å²) in [5.41, 5.74) is 0.660. The van der Waals surface area contributed by atoms with Crippen LogP contribution in [0.3, 0.4) is 0 Å². The van der Waals surface area contributed by atoms with Crippen LogP contribution in [-0.2, 0) is 8.67 Å². The van der Waals surface area contributed by atoms with Crippen molar-refractivity contribution in [3.05, 3.63) is 71.3 Å². The van der Waals surface area contributed by atoms with Gasteiger partial charge in [0.2, 0.25) is 0 Å². The van der Waals surface area contributed by atoms with Crippen molar-refractivity contribution < 1.29 is 8.78 Å². The van der Waals surface area contributed by atoms with E-state index in [0.717, 1.165) is 0 Å². The molecule has 2 aromatic rings. The topological polar surface area (TPSA) is 0 Å². The van der Waals surface area contributed by atoms with Crippen LogP contribution in [0, 0.1) is 11.6 Å². The number of halogens is 6. The fourth-order valence-corrected chi connectivity index (χ4v) is 2.62. The van der Waals surface area contributed by atoms with Crippen molar-refractivity contribution in [2.45, 2.75) is 8.67 Å². The molecule has 0 fully saturated rings. The maximum Gasteiger partial charge on any atom is 0.180 e. The normalized spacial score (nSPS) is 12.5. The van der Waals surface area contributed by atoms with Crippen molar-refractivity contribution >= 4 is 46.4 Å². The summed E-state index contributed by atoms with van der Waals surface area (Å²) in [5, 5.41) is 0. The van der Waals surface area contributed by atoms with Crippen LogP contribution < -0.4 is 0 Å². The minimum absolute atomic E-state index is 0.330. The van der Waals surface area contributed by atoms with Crippen LogP contribution in [0.1, 0.15) is 11.1 Å². The Kier molecular flexibility index (Phi) is 4.50. The van der Waals surface area contributed by atoms with Crippen molar-refractivity contribution in [3.63, 3.8) is 0 Å². The second kappa shape index (κ2) is 5.69. The maximum absolute atomic E-state index is 12.9. The lowest BCUT2D eigenvalue weighted by molar-refractivity contribution is 0.622. The summed E-state index contributed by atoms with van der Waals surface area (Å²) in [5.74, 6) is -0.871. The molecule has 2 rings (SSSR count). The predicted molar refractivity (Wildman–Crippen MR) is 79.6 cm³/mol. The molecule has 0 radical (unpaired) electrons. The Morgan fingerprint density at radius 2 is 0.800 bits per heavy atom. The third-order valence-electron chi connectivity index (χ3n) is 2.81. The van der Waals surface area contributed by atoms with Gasteiger partial charge in [-0.3, -0.25) is 0 Å². The highest BCUT2D eigenvalue weighted by atomic mass is 35.5. The molecule has 0 spiro atoms. The SMILES string of the molecule is Fc1ccc(C(Cl)(Cl)C(Cl)(Cl)c2ccc(F)cc2)cc1. The van der Waals surface area contributed by atoms with Gasteiger partial charge >= 0.3 is 0 Å². The van der Waals surface area contributed by atoms with E-state index < -0.39 is 20.3 Å². The van der Waals surface area contributed by atoms with Crippen molar-refractivity contribution in [1.29, 1.82) is 0 Å². The Hall–Kier alpha value is -0.540. The molecule has 6 heteroatoms. The van der Waals surface area contributed by atoms with Gasteiger partial charge in [0.25, 0.3) is 0 Å². The van der Waals surface area contributed by atoms with E-state index >= 15 is 0 Å². The molecule has 0 N–H and O–H groups in total. The molecule has 0 aromatic heterocycles. The van der Waals surface area contributed by atoms with Crippen LogP contribution in [0.2, 0.25) is 0 Å². The molecule has 20 heavy (non-hydrogen) atoms. The fourth-order valence-electron chi connectivity index (χ4n) is 1.68. The van der Waals surface area contributed by atoms with Crippen LogP contribution >= 0.6 is 46.4 Å². The molecule has 2 aromatic carbocycles. The van der Waals surface area contributed by atoms with E-state index in [0.29, 0.717) is 11.1 Å². The van der Waals surface area contributed by atoms with Gasteiger partial charge in [-0.15, -0.1) is 0 Å². The van der Waals surface area contributed by atoms with Gasteiger partial charge in [0.05, 0.1) is 0 Å². The molecule has 0 heterocycles. The van der Waals surface area contributed by atoms with Crippen LogP contribution in [-0.4, -0.2) is 0 Å². The largest absolute Gasteiger partial charge is 0.207 e. The van der Waals surface area contributed by atoms with Gasteiger partial charge in [-0.2, -0.15) is 0 Å². The average Bonchev–Trinajstić information content (AvgIpc) is 2.39. The van der Waals surface area contributed by atoms with Gasteiger partial charge in [0.15, 0.2) is 8.67 Å². The molecule has 0 atom stereocenters. The molecule has 106 valence electrons. The molecule has 0 aliphatic carbocycles. The summed E-state index contributed by atoms with van der Waals surface area (Å²) in [6, 6.07) is 10.3. The summed E-state index contributed by atoms with van der Waals surface area (Å²) in [6.45, 7) is 0. The lowest BCUT2D eigenvalue weighted by Gasteiger charge is -2.33. The highest BCUT2D eigenvalue weighted by Gasteiger charge is 2.49. The van der Waals surface area contributed by atoms with Gasteiger partial charge in [-0.25, -0.2) is 8.78 Å². The smallest absolute Gasteiger partial charge is 0.180 e.